The molecule has 2 aromatic rings. The normalized spacial score (nSPS) is 11.7. The topological polar surface area (TPSA) is 64.0 Å². The molecule has 120 valence electrons. The minimum Gasteiger partial charge on any atom is -0.276 e. The molecule has 0 saturated heterocycles. The number of hydrogen-bond acceptors (Lipinski definition) is 3. The summed E-state index contributed by atoms with van der Waals surface area (Å²) in [6.45, 7) is 12.3. The van der Waals surface area contributed by atoms with Gasteiger partial charge in [-0.1, -0.05) is 0 Å². The zero-order chi connectivity index (χ0) is 16.7. The number of nitrogens with one attached hydrogen (secondary N) is 1. The van der Waals surface area contributed by atoms with Gasteiger partial charge in [0.05, 0.1) is 16.8 Å². The molecule has 0 radical (unpaired) electrons. The number of rotatable bonds is 4. The standard InChI is InChI=1S/C16H23N3O2S/c1-7-19-9-15(8-17-19)18-22(20,21)16-13(5)11(3)10(2)12(4)14(16)6/h8-9,18H,7H2,1-6H3. The van der Waals surface area contributed by atoms with Crippen LogP contribution >= 0.6 is 0 Å². The fraction of sp³-hybridized carbons (Fsp3) is 0.438. The highest BCUT2D eigenvalue weighted by molar-refractivity contribution is 7.92. The maximum Gasteiger partial charge on any atom is 0.262 e. The Bertz CT molecular complexity index is 791. The van der Waals surface area contributed by atoms with Crippen molar-refractivity contribution in [2.75, 3.05) is 4.72 Å². The third-order valence-electron chi connectivity index (χ3n) is 4.41. The van der Waals surface area contributed by atoms with E-state index in [0.29, 0.717) is 17.1 Å². The van der Waals surface area contributed by atoms with Gasteiger partial charge in [0.2, 0.25) is 0 Å². The maximum atomic E-state index is 12.8. The van der Waals surface area contributed by atoms with E-state index in [0.717, 1.165) is 27.8 Å². The van der Waals surface area contributed by atoms with Gasteiger partial charge in [0, 0.05) is 12.7 Å². The third kappa shape index (κ3) is 2.75. The first-order valence-electron chi connectivity index (χ1n) is 7.31. The first kappa shape index (κ1) is 16.5. The molecule has 0 unspecified atom stereocenters. The zero-order valence-corrected chi connectivity index (χ0v) is 14.8. The second-order valence-electron chi connectivity index (χ2n) is 5.64. The Morgan fingerprint density at radius 2 is 1.50 bits per heavy atom. The van der Waals surface area contributed by atoms with Crippen LogP contribution in [0.5, 0.6) is 0 Å². The Kier molecular flexibility index (Phi) is 4.33. The molecular formula is C16H23N3O2S. The number of sulfonamides is 1. The second kappa shape index (κ2) is 5.76. The van der Waals surface area contributed by atoms with Crippen LogP contribution in [0.25, 0.3) is 0 Å². The van der Waals surface area contributed by atoms with Crippen molar-refractivity contribution in [3.8, 4) is 0 Å². The monoisotopic (exact) mass is 321 g/mol. The minimum atomic E-state index is -3.63. The lowest BCUT2D eigenvalue weighted by molar-refractivity contribution is 0.599. The summed E-state index contributed by atoms with van der Waals surface area (Å²) in [6, 6.07) is 0. The number of aryl methyl sites for hydroxylation is 1. The highest BCUT2D eigenvalue weighted by Gasteiger charge is 2.24. The summed E-state index contributed by atoms with van der Waals surface area (Å²) in [6.07, 6.45) is 3.22. The summed E-state index contributed by atoms with van der Waals surface area (Å²) in [5, 5.41) is 4.10. The van der Waals surface area contributed by atoms with Crippen molar-refractivity contribution in [1.29, 1.82) is 0 Å². The van der Waals surface area contributed by atoms with Crippen LogP contribution < -0.4 is 4.72 Å². The fourth-order valence-electron chi connectivity index (χ4n) is 2.66. The molecule has 0 aliphatic rings. The molecule has 0 saturated carbocycles. The number of hydrogen-bond donors (Lipinski definition) is 1. The lowest BCUT2D eigenvalue weighted by Gasteiger charge is -2.18. The van der Waals surface area contributed by atoms with Crippen LogP contribution in [-0.4, -0.2) is 18.2 Å². The Labute approximate surface area is 132 Å². The number of anilines is 1. The first-order valence-corrected chi connectivity index (χ1v) is 8.79. The lowest BCUT2D eigenvalue weighted by atomic mass is 9.95. The van der Waals surface area contributed by atoms with Gasteiger partial charge in [-0.2, -0.15) is 5.10 Å². The minimum absolute atomic E-state index is 0.373. The third-order valence-corrected chi connectivity index (χ3v) is 6.06. The van der Waals surface area contributed by atoms with Crippen molar-refractivity contribution in [1.82, 2.24) is 9.78 Å². The second-order valence-corrected chi connectivity index (χ2v) is 7.26. The quantitative estimate of drug-likeness (QED) is 0.940. The van der Waals surface area contributed by atoms with Crippen LogP contribution in [0.3, 0.4) is 0 Å². The fourth-order valence-corrected chi connectivity index (χ4v) is 4.29. The van der Waals surface area contributed by atoms with Crippen molar-refractivity contribution in [3.05, 3.63) is 40.2 Å². The van der Waals surface area contributed by atoms with E-state index in [1.54, 1.807) is 10.9 Å². The molecule has 2 rings (SSSR count). The lowest BCUT2D eigenvalue weighted by Crippen LogP contribution is -2.17. The summed E-state index contributed by atoms with van der Waals surface area (Å²) < 4.78 is 29.9. The smallest absolute Gasteiger partial charge is 0.262 e. The molecule has 1 N–H and O–H groups in total. The van der Waals surface area contributed by atoms with Crippen molar-refractivity contribution >= 4 is 15.7 Å². The molecule has 5 nitrogen and oxygen atoms in total. The van der Waals surface area contributed by atoms with Crippen molar-refractivity contribution in [2.45, 2.75) is 53.0 Å². The van der Waals surface area contributed by atoms with Crippen LogP contribution in [0.15, 0.2) is 17.3 Å². The van der Waals surface area contributed by atoms with E-state index >= 15 is 0 Å². The molecule has 0 aliphatic heterocycles. The van der Waals surface area contributed by atoms with Crippen LogP contribution in [-0.2, 0) is 16.6 Å². The Morgan fingerprint density at radius 3 is 1.95 bits per heavy atom. The molecule has 0 atom stereocenters. The van der Waals surface area contributed by atoms with Gasteiger partial charge in [-0.25, -0.2) is 8.42 Å². The van der Waals surface area contributed by atoms with Crippen LogP contribution in [0.4, 0.5) is 5.69 Å². The van der Waals surface area contributed by atoms with E-state index in [2.05, 4.69) is 9.82 Å². The molecule has 0 amide bonds. The van der Waals surface area contributed by atoms with E-state index < -0.39 is 10.0 Å². The van der Waals surface area contributed by atoms with E-state index in [-0.39, 0.29) is 0 Å². The Balaban J connectivity index is 2.54. The highest BCUT2D eigenvalue weighted by atomic mass is 32.2. The van der Waals surface area contributed by atoms with Gasteiger partial charge in [-0.15, -0.1) is 0 Å². The van der Waals surface area contributed by atoms with Crippen molar-refractivity contribution < 1.29 is 8.42 Å². The molecule has 0 aliphatic carbocycles. The van der Waals surface area contributed by atoms with E-state index in [9.17, 15) is 8.42 Å². The van der Waals surface area contributed by atoms with Gasteiger partial charge in [0.1, 0.15) is 0 Å². The predicted molar refractivity (Wildman–Crippen MR) is 88.8 cm³/mol. The molecule has 0 bridgehead atoms. The number of aromatic nitrogens is 2. The molecule has 6 heteroatoms. The summed E-state index contributed by atoms with van der Waals surface area (Å²) in [7, 11) is -3.63. The van der Waals surface area contributed by atoms with E-state index in [1.807, 2.05) is 41.5 Å². The molecule has 1 heterocycles. The van der Waals surface area contributed by atoms with Gasteiger partial charge >= 0.3 is 0 Å². The molecule has 0 fully saturated rings. The average Bonchev–Trinajstić information content (AvgIpc) is 2.89. The van der Waals surface area contributed by atoms with Gasteiger partial charge in [0.15, 0.2) is 0 Å². The summed E-state index contributed by atoms with van der Waals surface area (Å²) >= 11 is 0. The molecule has 1 aromatic heterocycles. The maximum absolute atomic E-state index is 12.8. The summed E-state index contributed by atoms with van der Waals surface area (Å²) in [5.41, 5.74) is 5.27. The van der Waals surface area contributed by atoms with E-state index in [4.69, 9.17) is 0 Å². The number of benzene rings is 1. The molecule has 1 aromatic carbocycles. The largest absolute Gasteiger partial charge is 0.276 e. The van der Waals surface area contributed by atoms with Gasteiger partial charge in [-0.3, -0.25) is 9.40 Å². The summed E-state index contributed by atoms with van der Waals surface area (Å²) in [5.74, 6) is 0. The summed E-state index contributed by atoms with van der Waals surface area (Å²) in [4.78, 5) is 0.373. The first-order chi connectivity index (χ1) is 10.2. The Hall–Kier alpha value is -1.82. The van der Waals surface area contributed by atoms with Gasteiger partial charge < -0.3 is 0 Å². The highest BCUT2D eigenvalue weighted by Crippen LogP contribution is 2.30. The molecular weight excluding hydrogens is 298 g/mol. The SMILES string of the molecule is CCn1cc(NS(=O)(=O)c2c(C)c(C)c(C)c(C)c2C)cn1. The molecule has 22 heavy (non-hydrogen) atoms. The molecule has 0 spiro atoms. The van der Waals surface area contributed by atoms with E-state index in [1.165, 1.54) is 6.20 Å². The zero-order valence-electron chi connectivity index (χ0n) is 14.0. The van der Waals surface area contributed by atoms with Crippen LogP contribution in [0.2, 0.25) is 0 Å². The average molecular weight is 321 g/mol. The van der Waals surface area contributed by atoms with Crippen molar-refractivity contribution in [3.63, 3.8) is 0 Å². The number of nitrogens with zero attached hydrogens (tertiary/aromatic N) is 2. The van der Waals surface area contributed by atoms with Crippen LogP contribution in [0.1, 0.15) is 34.7 Å². The van der Waals surface area contributed by atoms with Gasteiger partial charge in [-0.05, 0) is 69.4 Å². The predicted octanol–water partition coefficient (Wildman–Crippen LogP) is 3.25. The van der Waals surface area contributed by atoms with Gasteiger partial charge in [0.25, 0.3) is 10.0 Å². The van der Waals surface area contributed by atoms with Crippen LogP contribution in [0, 0.1) is 34.6 Å². The van der Waals surface area contributed by atoms with Crippen molar-refractivity contribution in [2.24, 2.45) is 0 Å². The Morgan fingerprint density at radius 1 is 1.00 bits per heavy atom.